The fraction of sp³-hybridized carbons (Fsp3) is 0.571. The summed E-state index contributed by atoms with van der Waals surface area (Å²) in [4.78, 5) is 2.10. The van der Waals surface area contributed by atoms with E-state index in [1.807, 2.05) is 38.2 Å². The van der Waals surface area contributed by atoms with E-state index in [1.54, 1.807) is 14.0 Å². The Balaban J connectivity index is 2.54. The third kappa shape index (κ3) is 5.48. The minimum atomic E-state index is -3.13. The van der Waals surface area contributed by atoms with Gasteiger partial charge in [0.1, 0.15) is 5.75 Å². The number of likely N-dealkylation sites (N-methyl/N-ethyl adjacent to an activating group) is 1. The Morgan fingerprint density at radius 3 is 2.70 bits per heavy atom. The third-order valence-electron chi connectivity index (χ3n) is 3.30. The van der Waals surface area contributed by atoms with Crippen LogP contribution in [0.2, 0.25) is 0 Å². The van der Waals surface area contributed by atoms with E-state index in [1.165, 1.54) is 0 Å². The molecule has 0 bridgehead atoms. The second-order valence-corrected chi connectivity index (χ2v) is 6.96. The van der Waals surface area contributed by atoms with Crippen LogP contribution in [0.15, 0.2) is 24.3 Å². The highest BCUT2D eigenvalue weighted by molar-refractivity contribution is 7.89. The van der Waals surface area contributed by atoms with Crippen LogP contribution in [0.3, 0.4) is 0 Å². The summed E-state index contributed by atoms with van der Waals surface area (Å²) in [6.07, 6.45) is 0. The van der Waals surface area contributed by atoms with E-state index >= 15 is 0 Å². The van der Waals surface area contributed by atoms with E-state index < -0.39 is 10.0 Å². The summed E-state index contributed by atoms with van der Waals surface area (Å²) in [6, 6.07) is 7.98. The highest BCUT2D eigenvalue weighted by Crippen LogP contribution is 2.14. The standard InChI is InChI=1S/C14H24N2O3S/c1-5-20(17,18)15-10-12(2)16(3)11-13-7-6-8-14(9-13)19-4/h6-9,12,15H,5,10-11H2,1-4H3/t12-/m1/s1. The molecule has 0 spiro atoms. The van der Waals surface area contributed by atoms with E-state index in [9.17, 15) is 8.42 Å². The minimum Gasteiger partial charge on any atom is -0.497 e. The van der Waals surface area contributed by atoms with Gasteiger partial charge in [-0.2, -0.15) is 0 Å². The Kier molecular flexibility index (Phi) is 6.45. The number of nitrogens with zero attached hydrogens (tertiary/aromatic N) is 1. The zero-order valence-corrected chi connectivity index (χ0v) is 13.4. The molecule has 0 saturated carbocycles. The Labute approximate surface area is 122 Å². The SMILES string of the molecule is CCS(=O)(=O)NC[C@@H](C)N(C)Cc1cccc(OC)c1. The summed E-state index contributed by atoms with van der Waals surface area (Å²) < 4.78 is 30.6. The molecule has 1 rings (SSSR count). The predicted molar refractivity (Wildman–Crippen MR) is 81.4 cm³/mol. The average Bonchev–Trinajstić information content (AvgIpc) is 2.45. The van der Waals surface area contributed by atoms with Gasteiger partial charge in [0, 0.05) is 19.1 Å². The summed E-state index contributed by atoms with van der Waals surface area (Å²) in [5.74, 6) is 0.939. The van der Waals surface area contributed by atoms with E-state index in [-0.39, 0.29) is 11.8 Å². The Bertz CT molecular complexity index is 517. The zero-order chi connectivity index (χ0) is 15.2. The predicted octanol–water partition coefficient (Wildman–Crippen LogP) is 1.45. The van der Waals surface area contributed by atoms with Crippen LogP contribution in [0.5, 0.6) is 5.75 Å². The Morgan fingerprint density at radius 2 is 2.10 bits per heavy atom. The normalized spacial score (nSPS) is 13.4. The molecule has 1 atom stereocenters. The molecule has 0 aliphatic rings. The molecule has 1 aromatic rings. The summed E-state index contributed by atoms with van der Waals surface area (Å²) in [7, 11) is 0.492. The van der Waals surface area contributed by atoms with E-state index in [0.29, 0.717) is 6.54 Å². The molecule has 6 heteroatoms. The zero-order valence-electron chi connectivity index (χ0n) is 12.6. The first kappa shape index (κ1) is 16.9. The van der Waals surface area contributed by atoms with Crippen molar-refractivity contribution in [3.63, 3.8) is 0 Å². The van der Waals surface area contributed by atoms with Gasteiger partial charge in [0.15, 0.2) is 0 Å². The van der Waals surface area contributed by atoms with Crippen molar-refractivity contribution in [3.8, 4) is 5.75 Å². The molecule has 5 nitrogen and oxygen atoms in total. The summed E-state index contributed by atoms with van der Waals surface area (Å²) in [5, 5.41) is 0. The van der Waals surface area contributed by atoms with Crippen molar-refractivity contribution < 1.29 is 13.2 Å². The highest BCUT2D eigenvalue weighted by Gasteiger charge is 2.13. The molecule has 0 heterocycles. The maximum absolute atomic E-state index is 11.4. The summed E-state index contributed by atoms with van der Waals surface area (Å²) in [6.45, 7) is 4.79. The van der Waals surface area contributed by atoms with Crippen LogP contribution in [-0.4, -0.2) is 45.8 Å². The molecule has 20 heavy (non-hydrogen) atoms. The van der Waals surface area contributed by atoms with Gasteiger partial charge in [0.05, 0.1) is 12.9 Å². The van der Waals surface area contributed by atoms with Crippen molar-refractivity contribution in [2.45, 2.75) is 26.4 Å². The van der Waals surface area contributed by atoms with Gasteiger partial charge in [-0.15, -0.1) is 0 Å². The number of rotatable bonds is 8. The van der Waals surface area contributed by atoms with Crippen molar-refractivity contribution in [2.75, 3.05) is 26.5 Å². The van der Waals surface area contributed by atoms with Crippen molar-refractivity contribution in [1.82, 2.24) is 9.62 Å². The molecule has 0 fully saturated rings. The largest absolute Gasteiger partial charge is 0.497 e. The van der Waals surface area contributed by atoms with E-state index in [0.717, 1.165) is 17.9 Å². The van der Waals surface area contributed by atoms with Gasteiger partial charge in [-0.05, 0) is 38.6 Å². The van der Waals surface area contributed by atoms with E-state index in [2.05, 4.69) is 9.62 Å². The summed E-state index contributed by atoms with van der Waals surface area (Å²) >= 11 is 0. The van der Waals surface area contributed by atoms with Crippen LogP contribution in [0, 0.1) is 0 Å². The Morgan fingerprint density at radius 1 is 1.40 bits per heavy atom. The molecule has 0 unspecified atom stereocenters. The van der Waals surface area contributed by atoms with Gasteiger partial charge < -0.3 is 4.74 Å². The fourth-order valence-corrected chi connectivity index (χ4v) is 2.42. The van der Waals surface area contributed by atoms with Gasteiger partial charge in [-0.1, -0.05) is 12.1 Å². The number of methoxy groups -OCH3 is 1. The van der Waals surface area contributed by atoms with Crippen molar-refractivity contribution in [2.24, 2.45) is 0 Å². The monoisotopic (exact) mass is 300 g/mol. The molecule has 0 aliphatic carbocycles. The molecule has 0 saturated heterocycles. The number of nitrogens with one attached hydrogen (secondary N) is 1. The van der Waals surface area contributed by atoms with Crippen molar-refractivity contribution in [1.29, 1.82) is 0 Å². The lowest BCUT2D eigenvalue weighted by molar-refractivity contribution is 0.250. The third-order valence-corrected chi connectivity index (χ3v) is 4.66. The quantitative estimate of drug-likeness (QED) is 0.789. The van der Waals surface area contributed by atoms with Crippen LogP contribution in [0.4, 0.5) is 0 Å². The molecular formula is C14H24N2O3S. The minimum absolute atomic E-state index is 0.110. The number of hydrogen-bond donors (Lipinski definition) is 1. The Hall–Kier alpha value is -1.11. The molecule has 0 aliphatic heterocycles. The van der Waals surface area contributed by atoms with Crippen LogP contribution in [0.1, 0.15) is 19.4 Å². The molecule has 0 amide bonds. The lowest BCUT2D eigenvalue weighted by atomic mass is 10.2. The lowest BCUT2D eigenvalue weighted by Gasteiger charge is -2.25. The first-order chi connectivity index (χ1) is 9.38. The first-order valence-electron chi connectivity index (χ1n) is 6.68. The fourth-order valence-electron chi connectivity index (χ4n) is 1.72. The number of hydrogen-bond acceptors (Lipinski definition) is 4. The molecule has 1 N–H and O–H groups in total. The number of sulfonamides is 1. The van der Waals surface area contributed by atoms with Crippen LogP contribution < -0.4 is 9.46 Å². The number of ether oxygens (including phenoxy) is 1. The molecular weight excluding hydrogens is 276 g/mol. The van der Waals surface area contributed by atoms with Crippen LogP contribution in [-0.2, 0) is 16.6 Å². The first-order valence-corrected chi connectivity index (χ1v) is 8.33. The topological polar surface area (TPSA) is 58.6 Å². The average molecular weight is 300 g/mol. The molecule has 114 valence electrons. The maximum atomic E-state index is 11.4. The maximum Gasteiger partial charge on any atom is 0.211 e. The van der Waals surface area contributed by atoms with Crippen LogP contribution in [0.25, 0.3) is 0 Å². The second kappa shape index (κ2) is 7.61. The highest BCUT2D eigenvalue weighted by atomic mass is 32.2. The van der Waals surface area contributed by atoms with Gasteiger partial charge in [0.25, 0.3) is 0 Å². The smallest absolute Gasteiger partial charge is 0.211 e. The van der Waals surface area contributed by atoms with Gasteiger partial charge >= 0.3 is 0 Å². The lowest BCUT2D eigenvalue weighted by Crippen LogP contribution is -2.40. The molecule has 0 aromatic heterocycles. The number of benzene rings is 1. The van der Waals surface area contributed by atoms with Crippen molar-refractivity contribution >= 4 is 10.0 Å². The van der Waals surface area contributed by atoms with E-state index in [4.69, 9.17) is 4.74 Å². The van der Waals surface area contributed by atoms with Crippen LogP contribution >= 0.6 is 0 Å². The van der Waals surface area contributed by atoms with Gasteiger partial charge in [-0.3, -0.25) is 4.90 Å². The molecule has 0 radical (unpaired) electrons. The van der Waals surface area contributed by atoms with Gasteiger partial charge in [0.2, 0.25) is 10.0 Å². The summed E-state index contributed by atoms with van der Waals surface area (Å²) in [5.41, 5.74) is 1.14. The van der Waals surface area contributed by atoms with Gasteiger partial charge in [-0.25, -0.2) is 13.1 Å². The second-order valence-electron chi connectivity index (χ2n) is 4.87. The molecule has 1 aromatic carbocycles. The van der Waals surface area contributed by atoms with Crippen molar-refractivity contribution in [3.05, 3.63) is 29.8 Å².